The van der Waals surface area contributed by atoms with E-state index in [1.807, 2.05) is 0 Å². The molecule has 0 aliphatic rings. The molecule has 42 valence electrons. The number of aliphatic hydroxyl groups is 1. The molecule has 0 aromatic carbocycles. The molecule has 0 aromatic heterocycles. The Morgan fingerprint density at radius 2 is 1.71 bits per heavy atom. The van der Waals surface area contributed by atoms with Crippen molar-refractivity contribution < 1.29 is 15.0 Å². The molecule has 0 saturated carbocycles. The second-order valence-corrected chi connectivity index (χ2v) is 0.422. The topological polar surface area (TPSA) is 57.5 Å². The largest absolute Gasteiger partial charge is 0.483 e. The Hall–Kier alpha value is 0.196. The van der Waals surface area contributed by atoms with Crippen molar-refractivity contribution in [1.29, 1.82) is 0 Å². The highest BCUT2D eigenvalue weighted by Crippen LogP contribution is 1.30. The molecule has 0 aliphatic carbocycles. The zero-order valence-electron chi connectivity index (χ0n) is 3.59. The lowest BCUT2D eigenvalue weighted by Gasteiger charge is -1.52. The van der Waals surface area contributed by atoms with Crippen molar-refractivity contribution in [1.82, 2.24) is 0 Å². The van der Waals surface area contributed by atoms with Gasteiger partial charge in [-0.2, -0.15) is 0 Å². The molecule has 0 amide bonds. The number of carbonyl (C=O) groups is 1. The summed E-state index contributed by atoms with van der Waals surface area (Å²) in [6.45, 7) is 1.68. The van der Waals surface area contributed by atoms with Crippen LogP contribution >= 0.6 is 0 Å². The van der Waals surface area contributed by atoms with E-state index < -0.39 is 0 Å². The Kier molecular flexibility index (Phi) is 77.7. The first-order valence-corrected chi connectivity index (χ1v) is 1.52. The van der Waals surface area contributed by atoms with Crippen molar-refractivity contribution >= 4 is 29.5 Å². The van der Waals surface area contributed by atoms with Crippen LogP contribution in [0.5, 0.6) is 0 Å². The van der Waals surface area contributed by atoms with E-state index in [9.17, 15) is 0 Å². The van der Waals surface area contributed by atoms with Crippen LogP contribution in [0.1, 0.15) is 6.92 Å². The quantitative estimate of drug-likeness (QED) is 0.310. The predicted molar refractivity (Wildman–Crippen MR) is 30.0 cm³/mol. The monoisotopic (exact) mass is 118 g/mol. The van der Waals surface area contributed by atoms with Gasteiger partial charge in [0.1, 0.15) is 0 Å². The molecule has 7 heavy (non-hydrogen) atoms. The fourth-order valence-electron chi connectivity index (χ4n) is 0. The van der Waals surface area contributed by atoms with Gasteiger partial charge in [-0.25, -0.2) is 0 Å². The van der Waals surface area contributed by atoms with Gasteiger partial charge in [0.15, 0.2) is 0 Å². The summed E-state index contributed by atoms with van der Waals surface area (Å²) in [5.41, 5.74) is 0. The van der Waals surface area contributed by atoms with Crippen LogP contribution in [0.15, 0.2) is 0 Å². The van der Waals surface area contributed by atoms with Crippen LogP contribution in [0, 0.1) is 0 Å². The molecule has 0 aliphatic heterocycles. The van der Waals surface area contributed by atoms with Gasteiger partial charge in [0.05, 0.1) is 0 Å². The summed E-state index contributed by atoms with van der Waals surface area (Å²) < 4.78 is 0. The summed E-state index contributed by atoms with van der Waals surface area (Å²) >= 11 is 0. The van der Waals surface area contributed by atoms with Gasteiger partial charge < -0.3 is 10.2 Å². The average molecular weight is 118 g/mol. The van der Waals surface area contributed by atoms with Crippen LogP contribution in [0.3, 0.4) is 0 Å². The average Bonchev–Trinajstić information content (AvgIpc) is 1.39. The fourth-order valence-corrected chi connectivity index (χ4v) is 0. The molecule has 0 atom stereocenters. The van der Waals surface area contributed by atoms with Crippen molar-refractivity contribution in [3.8, 4) is 0 Å². The summed E-state index contributed by atoms with van der Waals surface area (Å²) in [4.78, 5) is 8.36. The molecule has 0 aromatic rings. The molecule has 3 nitrogen and oxygen atoms in total. The fraction of sp³-hybridized carbons (Fsp3) is 0.667. The lowest BCUT2D eigenvalue weighted by atomic mass is 10.9. The van der Waals surface area contributed by atoms with Gasteiger partial charge in [-0.3, -0.25) is 4.79 Å². The van der Waals surface area contributed by atoms with Gasteiger partial charge in [-0.15, -0.1) is 0 Å². The number of aliphatic hydroxyl groups excluding tert-OH is 1. The molecule has 0 saturated heterocycles. The Morgan fingerprint density at radius 1 is 1.71 bits per heavy atom. The highest BCUT2D eigenvalue weighted by atomic mass is 24.3. The van der Waals surface area contributed by atoms with E-state index in [0.717, 1.165) is 0 Å². The Morgan fingerprint density at radius 3 is 1.71 bits per heavy atom. The van der Waals surface area contributed by atoms with E-state index in [1.54, 1.807) is 6.92 Å². The summed E-state index contributed by atoms with van der Waals surface area (Å²) in [6, 6.07) is 0. The lowest BCUT2D eigenvalue weighted by Crippen LogP contribution is -1.57. The normalized spacial score (nSPS) is 4.29. The second kappa shape index (κ2) is 34.7. The van der Waals surface area contributed by atoms with E-state index >= 15 is 0 Å². The maximum Gasteiger partial charge on any atom is 0.316 e. The SMILES string of the molecule is CCO.O=CO.[MgH2]. The predicted octanol–water partition coefficient (Wildman–Crippen LogP) is -1.22. The van der Waals surface area contributed by atoms with Crippen LogP contribution in [0.4, 0.5) is 0 Å². The molecule has 0 radical (unpaired) electrons. The number of hydrogen-bond donors (Lipinski definition) is 2. The standard InChI is InChI=1S/C2H6O.CH2O2.Mg.2H/c1-2-3;2-1-3;;;/h3H,2H2,1H3;1H,(H,2,3);;;. The van der Waals surface area contributed by atoms with Gasteiger partial charge in [-0.1, -0.05) is 0 Å². The van der Waals surface area contributed by atoms with Crippen LogP contribution in [0.2, 0.25) is 0 Å². The minimum absolute atomic E-state index is 0. The molecule has 0 fully saturated rings. The summed E-state index contributed by atoms with van der Waals surface area (Å²) in [7, 11) is 0. The third-order valence-electron chi connectivity index (χ3n) is 0. The molecule has 0 spiro atoms. The van der Waals surface area contributed by atoms with E-state index in [-0.39, 0.29) is 36.1 Å². The third kappa shape index (κ3) is 2830. The van der Waals surface area contributed by atoms with Crippen molar-refractivity contribution in [2.45, 2.75) is 6.92 Å². The molecule has 0 rings (SSSR count). The van der Waals surface area contributed by atoms with Gasteiger partial charge in [0, 0.05) is 6.61 Å². The van der Waals surface area contributed by atoms with Gasteiger partial charge in [0.2, 0.25) is 0 Å². The number of hydrogen-bond acceptors (Lipinski definition) is 2. The minimum atomic E-state index is -0.250. The Labute approximate surface area is 58.5 Å². The van der Waals surface area contributed by atoms with Crippen LogP contribution in [-0.2, 0) is 4.79 Å². The molecule has 0 unspecified atom stereocenters. The molecular weight excluding hydrogens is 108 g/mol. The van der Waals surface area contributed by atoms with E-state index in [4.69, 9.17) is 15.0 Å². The highest BCUT2D eigenvalue weighted by molar-refractivity contribution is 5.75. The number of carboxylic acid groups (broad SMARTS) is 1. The van der Waals surface area contributed by atoms with Gasteiger partial charge in [-0.05, 0) is 6.92 Å². The maximum atomic E-state index is 8.36. The van der Waals surface area contributed by atoms with Crippen LogP contribution < -0.4 is 0 Å². The van der Waals surface area contributed by atoms with Crippen molar-refractivity contribution in [2.24, 2.45) is 0 Å². The molecule has 0 heterocycles. The minimum Gasteiger partial charge on any atom is -0.483 e. The Bertz CT molecular complexity index is 24.1. The first-order valence-electron chi connectivity index (χ1n) is 1.52. The Balaban J connectivity index is -0.0000000400. The van der Waals surface area contributed by atoms with Gasteiger partial charge >= 0.3 is 23.1 Å². The van der Waals surface area contributed by atoms with Crippen molar-refractivity contribution in [3.05, 3.63) is 0 Å². The van der Waals surface area contributed by atoms with E-state index in [0.29, 0.717) is 0 Å². The maximum absolute atomic E-state index is 8.36. The van der Waals surface area contributed by atoms with Crippen LogP contribution in [-0.4, -0.2) is 46.3 Å². The molecule has 2 N–H and O–H groups in total. The molecule has 4 heteroatoms. The first-order chi connectivity index (χ1) is 2.83. The highest BCUT2D eigenvalue weighted by Gasteiger charge is 1.34. The van der Waals surface area contributed by atoms with Crippen molar-refractivity contribution in [2.75, 3.05) is 6.61 Å². The van der Waals surface area contributed by atoms with E-state index in [1.165, 1.54) is 0 Å². The zero-order valence-corrected chi connectivity index (χ0v) is 3.59. The van der Waals surface area contributed by atoms with Crippen LogP contribution in [0.25, 0.3) is 0 Å². The van der Waals surface area contributed by atoms with Gasteiger partial charge in [0.25, 0.3) is 6.47 Å². The summed E-state index contributed by atoms with van der Waals surface area (Å²) in [5.74, 6) is 0. The smallest absolute Gasteiger partial charge is 0.316 e. The zero-order chi connectivity index (χ0) is 5.41. The molecular formula is C3H10MgO3. The molecule has 0 bridgehead atoms. The first kappa shape index (κ1) is 15.7. The number of rotatable bonds is 0. The second-order valence-electron chi connectivity index (χ2n) is 0.422. The lowest BCUT2D eigenvalue weighted by molar-refractivity contribution is -0.122. The van der Waals surface area contributed by atoms with E-state index in [2.05, 4.69) is 0 Å². The summed E-state index contributed by atoms with van der Waals surface area (Å²) in [6.07, 6.45) is 0. The summed E-state index contributed by atoms with van der Waals surface area (Å²) in [5, 5.41) is 14.5. The third-order valence-corrected chi connectivity index (χ3v) is 0. The van der Waals surface area contributed by atoms with Crippen molar-refractivity contribution in [3.63, 3.8) is 0 Å².